The number of anilines is 3. The molecule has 5 aliphatic rings. The highest BCUT2D eigenvalue weighted by atomic mass is 15.2. The van der Waals surface area contributed by atoms with E-state index in [1.54, 1.807) is 11.0 Å². The van der Waals surface area contributed by atoms with E-state index in [1.165, 1.54) is 110 Å². The molecule has 0 fully saturated rings. The molecule has 61 heavy (non-hydrogen) atoms. The van der Waals surface area contributed by atoms with Crippen molar-refractivity contribution in [1.29, 1.82) is 0 Å². The van der Waals surface area contributed by atoms with Crippen LogP contribution in [0.1, 0.15) is 146 Å². The summed E-state index contributed by atoms with van der Waals surface area (Å²) in [5, 5.41) is 0. The lowest BCUT2D eigenvalue weighted by molar-refractivity contribution is 0.543. The molecule has 3 unspecified atom stereocenters. The summed E-state index contributed by atoms with van der Waals surface area (Å²) in [6, 6.07) is 33.8. The van der Waals surface area contributed by atoms with E-state index in [0.717, 1.165) is 12.8 Å². The van der Waals surface area contributed by atoms with Crippen molar-refractivity contribution < 1.29 is 0 Å². The summed E-state index contributed by atoms with van der Waals surface area (Å²) < 4.78 is 0. The van der Waals surface area contributed by atoms with Crippen molar-refractivity contribution in [3.05, 3.63) is 183 Å². The smallest absolute Gasteiger partial charge is 0.252 e. The number of aryl methyl sites for hydroxylation is 2. The Balaban J connectivity index is 1.35. The Kier molecular flexibility index (Phi) is 10.9. The van der Waals surface area contributed by atoms with Crippen molar-refractivity contribution in [3.63, 3.8) is 0 Å². The molecule has 4 aromatic carbocycles. The first-order valence-electron chi connectivity index (χ1n) is 23.7. The zero-order valence-corrected chi connectivity index (χ0v) is 38.7. The van der Waals surface area contributed by atoms with Gasteiger partial charge in [-0.15, -0.1) is 0 Å². The molecular formula is C58H67BN2. The van der Waals surface area contributed by atoms with Gasteiger partial charge in [0.15, 0.2) is 0 Å². The monoisotopic (exact) mass is 803 g/mol. The normalized spacial score (nSPS) is 20.4. The standard InChI is InChI=1S/C58H67BN2/c1-11-14-17-24-49(43-30-28-42(29-31-43)40(6)20-15-12-2)61-51-37-39(5)36-50-54(51)59(52-45-22-18-19-23-47(45)57(7,8)56(52)61)53-46-35-38(4)25-34-48(46)58(9,10)55(53)60(50)44-32-26-41(27-33-44)21-16-13-3/h11,14,17-19,22-34,36-38,40,49H,12-13,15-16,20-21,35H2,1-10H3/b14-11-,24-17-. The van der Waals surface area contributed by atoms with Crippen LogP contribution in [0.4, 0.5) is 17.1 Å². The molecule has 0 spiro atoms. The van der Waals surface area contributed by atoms with Gasteiger partial charge in [-0.05, 0) is 137 Å². The summed E-state index contributed by atoms with van der Waals surface area (Å²) in [5.74, 6) is 1.03. The second kappa shape index (κ2) is 16.0. The molecular weight excluding hydrogens is 735 g/mol. The van der Waals surface area contributed by atoms with Gasteiger partial charge < -0.3 is 9.80 Å². The molecule has 312 valence electrons. The van der Waals surface area contributed by atoms with E-state index < -0.39 is 0 Å². The predicted octanol–water partition coefficient (Wildman–Crippen LogP) is 15.1. The highest BCUT2D eigenvalue weighted by molar-refractivity contribution is 6.99. The summed E-state index contributed by atoms with van der Waals surface area (Å²) in [4.78, 5) is 5.51. The summed E-state index contributed by atoms with van der Waals surface area (Å²) in [6.07, 6.45) is 22.4. The molecule has 3 heteroatoms. The first kappa shape index (κ1) is 41.3. The van der Waals surface area contributed by atoms with E-state index in [1.807, 2.05) is 0 Å². The quantitative estimate of drug-likeness (QED) is 0.104. The maximum absolute atomic E-state index is 2.80. The van der Waals surface area contributed by atoms with Crippen molar-refractivity contribution in [3.8, 4) is 0 Å². The second-order valence-corrected chi connectivity index (χ2v) is 19.9. The number of unbranched alkanes of at least 4 members (excludes halogenated alkanes) is 2. The Morgan fingerprint density at radius 1 is 0.803 bits per heavy atom. The van der Waals surface area contributed by atoms with Gasteiger partial charge in [-0.3, -0.25) is 0 Å². The van der Waals surface area contributed by atoms with Crippen LogP contribution < -0.4 is 15.3 Å². The number of hydrogen-bond acceptors (Lipinski definition) is 2. The lowest BCUT2D eigenvalue weighted by Gasteiger charge is -2.49. The molecule has 0 saturated carbocycles. The zero-order valence-electron chi connectivity index (χ0n) is 38.7. The van der Waals surface area contributed by atoms with Crippen LogP contribution in [-0.4, -0.2) is 6.71 Å². The van der Waals surface area contributed by atoms with Crippen LogP contribution in [0, 0.1) is 18.3 Å². The van der Waals surface area contributed by atoms with Gasteiger partial charge in [0.1, 0.15) is 0 Å². The van der Waals surface area contributed by atoms with Gasteiger partial charge >= 0.3 is 0 Å². The third-order valence-electron chi connectivity index (χ3n) is 14.9. The molecule has 0 saturated heterocycles. The van der Waals surface area contributed by atoms with Crippen molar-refractivity contribution in [2.45, 2.75) is 132 Å². The van der Waals surface area contributed by atoms with Gasteiger partial charge in [-0.1, -0.05) is 172 Å². The van der Waals surface area contributed by atoms with Crippen LogP contribution in [-0.2, 0) is 11.8 Å². The SMILES string of the molecule is C/C=C\C=C/C(c1ccc(C(C)CCCC)cc1)N1C2=C(B3C4=C(N(c5ccc(CCCC)cc5)c5cc(C)cc1c53)C(C)(C)C1=C4CC(C)C=C1)c1ccccc1C2(C)C. The molecule has 2 aliphatic heterocycles. The Labute approximate surface area is 368 Å². The molecule has 0 N–H and O–H groups in total. The number of nitrogens with zero attached hydrogens (tertiary/aromatic N) is 2. The van der Waals surface area contributed by atoms with Crippen LogP contribution >= 0.6 is 0 Å². The summed E-state index contributed by atoms with van der Waals surface area (Å²) >= 11 is 0. The third-order valence-corrected chi connectivity index (χ3v) is 14.9. The Bertz CT molecular complexity index is 2530. The molecule has 0 radical (unpaired) electrons. The van der Waals surface area contributed by atoms with Crippen LogP contribution in [0.5, 0.6) is 0 Å². The largest absolute Gasteiger partial charge is 0.334 e. The molecule has 4 aromatic rings. The molecule has 0 bridgehead atoms. The van der Waals surface area contributed by atoms with E-state index in [-0.39, 0.29) is 23.6 Å². The molecule has 0 aromatic heterocycles. The van der Waals surface area contributed by atoms with Crippen LogP contribution in [0.3, 0.4) is 0 Å². The Morgan fingerprint density at radius 3 is 2.23 bits per heavy atom. The van der Waals surface area contributed by atoms with Crippen molar-refractivity contribution in [1.82, 2.24) is 0 Å². The fraction of sp³-hybridized carbons (Fsp3) is 0.379. The third kappa shape index (κ3) is 6.68. The average Bonchev–Trinajstić information content (AvgIpc) is 3.63. The van der Waals surface area contributed by atoms with E-state index in [9.17, 15) is 0 Å². The fourth-order valence-corrected chi connectivity index (χ4v) is 11.8. The van der Waals surface area contributed by atoms with Gasteiger partial charge in [0.05, 0.1) is 6.04 Å². The van der Waals surface area contributed by atoms with E-state index in [4.69, 9.17) is 0 Å². The molecule has 3 aliphatic carbocycles. The molecule has 2 nitrogen and oxygen atoms in total. The lowest BCUT2D eigenvalue weighted by atomic mass is 9.31. The maximum Gasteiger partial charge on any atom is 0.252 e. The highest BCUT2D eigenvalue weighted by Crippen LogP contribution is 2.62. The number of benzene rings is 4. The minimum Gasteiger partial charge on any atom is -0.334 e. The van der Waals surface area contributed by atoms with Crippen LogP contribution in [0.15, 0.2) is 149 Å². The Hall–Kier alpha value is -5.02. The number of rotatable bonds is 12. The predicted molar refractivity (Wildman–Crippen MR) is 264 cm³/mol. The van der Waals surface area contributed by atoms with Crippen LogP contribution in [0.25, 0.3) is 5.47 Å². The van der Waals surface area contributed by atoms with Gasteiger partial charge in [0.25, 0.3) is 6.71 Å². The molecule has 2 heterocycles. The summed E-state index contributed by atoms with van der Waals surface area (Å²) in [7, 11) is 0. The Morgan fingerprint density at radius 2 is 1.51 bits per heavy atom. The molecule has 0 amide bonds. The number of hydrogen-bond donors (Lipinski definition) is 0. The number of fused-ring (bicyclic) bond motifs is 5. The minimum absolute atomic E-state index is 0.0178. The van der Waals surface area contributed by atoms with Crippen LogP contribution in [0.2, 0.25) is 0 Å². The first-order chi connectivity index (χ1) is 29.4. The van der Waals surface area contributed by atoms with Gasteiger partial charge in [0.2, 0.25) is 0 Å². The van der Waals surface area contributed by atoms with Gasteiger partial charge in [-0.25, -0.2) is 0 Å². The average molecular weight is 803 g/mol. The highest BCUT2D eigenvalue weighted by Gasteiger charge is 2.57. The summed E-state index contributed by atoms with van der Waals surface area (Å²) in [6.45, 7) is 23.9. The molecule has 3 atom stereocenters. The molecule has 9 rings (SSSR count). The summed E-state index contributed by atoms with van der Waals surface area (Å²) in [5.41, 5.74) is 22.4. The number of allylic oxidation sites excluding steroid dienone is 9. The van der Waals surface area contributed by atoms with Crippen molar-refractivity contribution >= 4 is 34.7 Å². The van der Waals surface area contributed by atoms with E-state index in [0.29, 0.717) is 11.8 Å². The van der Waals surface area contributed by atoms with Gasteiger partial charge in [0, 0.05) is 39.3 Å². The minimum atomic E-state index is -0.230. The zero-order chi connectivity index (χ0) is 42.8. The van der Waals surface area contributed by atoms with E-state index in [2.05, 4.69) is 200 Å². The van der Waals surface area contributed by atoms with Crippen molar-refractivity contribution in [2.24, 2.45) is 11.3 Å². The maximum atomic E-state index is 2.80. The van der Waals surface area contributed by atoms with Crippen molar-refractivity contribution in [2.75, 3.05) is 9.80 Å². The first-order valence-corrected chi connectivity index (χ1v) is 23.7. The lowest BCUT2D eigenvalue weighted by Crippen LogP contribution is -2.53. The van der Waals surface area contributed by atoms with E-state index >= 15 is 0 Å². The topological polar surface area (TPSA) is 6.48 Å². The van der Waals surface area contributed by atoms with Gasteiger partial charge in [-0.2, -0.15) is 0 Å². The fourth-order valence-electron chi connectivity index (χ4n) is 11.8. The second-order valence-electron chi connectivity index (χ2n) is 19.9.